The van der Waals surface area contributed by atoms with Crippen molar-refractivity contribution in [3.05, 3.63) is 23.9 Å². The minimum absolute atomic E-state index is 0.179. The van der Waals surface area contributed by atoms with Crippen LogP contribution in [0.25, 0.3) is 0 Å². The molecule has 0 fully saturated rings. The zero-order valence-corrected chi connectivity index (χ0v) is 8.43. The maximum absolute atomic E-state index is 12.5. The van der Waals surface area contributed by atoms with Crippen LogP contribution in [0.15, 0.2) is 28.9 Å². The van der Waals surface area contributed by atoms with Gasteiger partial charge in [0.25, 0.3) is 0 Å². The lowest BCUT2D eigenvalue weighted by atomic mass is 10.1. The topological polar surface area (TPSA) is 24.4 Å². The van der Waals surface area contributed by atoms with Crippen LogP contribution < -0.4 is 5.32 Å². The van der Waals surface area contributed by atoms with Gasteiger partial charge in [-0.05, 0) is 19.5 Å². The summed E-state index contributed by atoms with van der Waals surface area (Å²) in [5.41, 5.74) is -0.536. The van der Waals surface area contributed by atoms with E-state index in [2.05, 4.69) is 10.3 Å². The van der Waals surface area contributed by atoms with E-state index < -0.39 is 11.7 Å². The predicted octanol–water partition coefficient (Wildman–Crippen LogP) is 2.79. The van der Waals surface area contributed by atoms with Crippen LogP contribution in [0.1, 0.15) is 19.8 Å². The first-order chi connectivity index (χ1) is 7.04. The van der Waals surface area contributed by atoms with Crippen LogP contribution in [0.3, 0.4) is 0 Å². The maximum Gasteiger partial charge on any atom is 0.412 e. The van der Waals surface area contributed by atoms with Crippen LogP contribution in [0.2, 0.25) is 0 Å². The molecule has 0 aromatic rings. The van der Waals surface area contributed by atoms with Crippen LogP contribution in [-0.2, 0) is 0 Å². The Balaban J connectivity index is 2.86. The molecule has 15 heavy (non-hydrogen) atoms. The fraction of sp³-hybridized carbons (Fsp3) is 0.500. The van der Waals surface area contributed by atoms with Gasteiger partial charge in [-0.3, -0.25) is 4.99 Å². The van der Waals surface area contributed by atoms with E-state index in [9.17, 15) is 13.2 Å². The molecule has 0 saturated carbocycles. The molecule has 0 unspecified atom stereocenters. The summed E-state index contributed by atoms with van der Waals surface area (Å²) in [5, 5.41) is 2.75. The van der Waals surface area contributed by atoms with Crippen molar-refractivity contribution in [1.29, 1.82) is 0 Å². The molecule has 1 aliphatic rings. The smallest absolute Gasteiger partial charge is 0.350 e. The first kappa shape index (κ1) is 11.8. The number of allylic oxidation sites excluding steroid dienone is 2. The number of hydrogen-bond donors (Lipinski definition) is 1. The Bertz CT molecular complexity index is 300. The number of nitrogens with one attached hydrogen (secondary N) is 1. The van der Waals surface area contributed by atoms with Crippen LogP contribution in [0, 0.1) is 0 Å². The van der Waals surface area contributed by atoms with Gasteiger partial charge in [0.05, 0.1) is 0 Å². The quantitative estimate of drug-likeness (QED) is 0.672. The summed E-state index contributed by atoms with van der Waals surface area (Å²) in [7, 11) is 0. The van der Waals surface area contributed by atoms with Crippen molar-refractivity contribution in [1.82, 2.24) is 5.32 Å². The number of rotatable bonds is 1. The van der Waals surface area contributed by atoms with Gasteiger partial charge in [-0.2, -0.15) is 13.2 Å². The third-order valence-corrected chi connectivity index (χ3v) is 1.94. The molecule has 1 heterocycles. The first-order valence-electron chi connectivity index (χ1n) is 4.75. The monoisotopic (exact) mass is 218 g/mol. The van der Waals surface area contributed by atoms with Crippen molar-refractivity contribution < 1.29 is 13.2 Å². The number of halogens is 3. The zero-order chi connectivity index (χ0) is 11.3. The predicted molar refractivity (Wildman–Crippen MR) is 53.6 cm³/mol. The van der Waals surface area contributed by atoms with Gasteiger partial charge in [0.15, 0.2) is 0 Å². The molecule has 1 N–H and O–H groups in total. The summed E-state index contributed by atoms with van der Waals surface area (Å²) in [4.78, 5) is 3.96. The summed E-state index contributed by atoms with van der Waals surface area (Å²) < 4.78 is 37.5. The molecular formula is C10H13F3N2. The van der Waals surface area contributed by atoms with Crippen molar-refractivity contribution in [2.45, 2.75) is 25.9 Å². The average Bonchev–Trinajstić information content (AvgIpc) is 2.07. The fourth-order valence-electron chi connectivity index (χ4n) is 1.25. The van der Waals surface area contributed by atoms with Crippen LogP contribution in [0.4, 0.5) is 13.2 Å². The number of amidine groups is 1. The van der Waals surface area contributed by atoms with E-state index in [1.807, 2.05) is 0 Å². The van der Waals surface area contributed by atoms with Crippen molar-refractivity contribution in [2.75, 3.05) is 6.54 Å². The summed E-state index contributed by atoms with van der Waals surface area (Å²) >= 11 is 0. The first-order valence-corrected chi connectivity index (χ1v) is 4.75. The van der Waals surface area contributed by atoms with Gasteiger partial charge >= 0.3 is 6.18 Å². The highest BCUT2D eigenvalue weighted by Crippen LogP contribution is 2.29. The second-order valence-corrected chi connectivity index (χ2v) is 3.11. The van der Waals surface area contributed by atoms with Gasteiger partial charge in [-0.1, -0.05) is 12.2 Å². The number of aliphatic imine (C=N–C) groups is 1. The lowest BCUT2D eigenvalue weighted by Gasteiger charge is -2.15. The Kier molecular flexibility index (Phi) is 3.94. The minimum Gasteiger partial charge on any atom is -0.350 e. The molecule has 0 aromatic heterocycles. The summed E-state index contributed by atoms with van der Waals surface area (Å²) in [6.45, 7) is 2.26. The lowest BCUT2D eigenvalue weighted by molar-refractivity contribution is -0.0927. The molecule has 0 atom stereocenters. The number of hydrogen-bond acceptors (Lipinski definition) is 1. The van der Waals surface area contributed by atoms with E-state index >= 15 is 0 Å². The van der Waals surface area contributed by atoms with Crippen molar-refractivity contribution >= 4 is 5.84 Å². The third-order valence-electron chi connectivity index (χ3n) is 1.94. The number of nitrogens with zero attached hydrogens (tertiary/aromatic N) is 1. The molecule has 84 valence electrons. The maximum atomic E-state index is 12.5. The summed E-state index contributed by atoms with van der Waals surface area (Å²) in [5.74, 6) is 0.358. The normalized spacial score (nSPS) is 24.0. The van der Waals surface area contributed by atoms with Crippen molar-refractivity contribution in [3.8, 4) is 0 Å². The Morgan fingerprint density at radius 1 is 1.47 bits per heavy atom. The van der Waals surface area contributed by atoms with Crippen LogP contribution >= 0.6 is 0 Å². The Morgan fingerprint density at radius 3 is 2.80 bits per heavy atom. The molecule has 0 amide bonds. The third kappa shape index (κ3) is 3.77. The summed E-state index contributed by atoms with van der Waals surface area (Å²) in [6.07, 6.45) is 0.307. The Hall–Kier alpha value is -1.26. The van der Waals surface area contributed by atoms with Gasteiger partial charge in [0.2, 0.25) is 0 Å². The van der Waals surface area contributed by atoms with E-state index in [1.165, 1.54) is 6.08 Å². The van der Waals surface area contributed by atoms with Gasteiger partial charge in [-0.25, -0.2) is 0 Å². The molecule has 0 spiro atoms. The minimum atomic E-state index is -4.26. The van der Waals surface area contributed by atoms with Gasteiger partial charge in [-0.15, -0.1) is 0 Å². The molecular weight excluding hydrogens is 205 g/mol. The second-order valence-electron chi connectivity index (χ2n) is 3.11. The molecule has 0 radical (unpaired) electrons. The average molecular weight is 218 g/mol. The van der Waals surface area contributed by atoms with E-state index in [-0.39, 0.29) is 6.42 Å². The van der Waals surface area contributed by atoms with E-state index in [0.29, 0.717) is 18.8 Å². The highest BCUT2D eigenvalue weighted by molar-refractivity contribution is 5.85. The molecule has 0 saturated heterocycles. The molecule has 0 aromatic carbocycles. The number of alkyl halides is 3. The van der Waals surface area contributed by atoms with Gasteiger partial charge < -0.3 is 5.32 Å². The van der Waals surface area contributed by atoms with Crippen LogP contribution in [0.5, 0.6) is 0 Å². The highest BCUT2D eigenvalue weighted by Gasteiger charge is 2.33. The van der Waals surface area contributed by atoms with E-state index in [0.717, 1.165) is 0 Å². The van der Waals surface area contributed by atoms with Crippen molar-refractivity contribution in [3.63, 3.8) is 0 Å². The standard InChI is InChI=1S/C10H13F3N2/c1-2-14-9-7-8(10(11,12)13)5-3-4-6-15-9/h4-6H,2-3,7H2,1H3,(H,14,15)/b6-4?,8-5+. The van der Waals surface area contributed by atoms with Crippen molar-refractivity contribution in [2.24, 2.45) is 4.99 Å². The lowest BCUT2D eigenvalue weighted by Crippen LogP contribution is -2.24. The molecule has 5 heteroatoms. The molecule has 2 nitrogen and oxygen atoms in total. The molecule has 1 aliphatic heterocycles. The highest BCUT2D eigenvalue weighted by atomic mass is 19.4. The Labute approximate surface area is 86.6 Å². The van der Waals surface area contributed by atoms with E-state index in [1.54, 1.807) is 19.2 Å². The zero-order valence-electron chi connectivity index (χ0n) is 8.43. The second kappa shape index (κ2) is 5.00. The molecule has 0 aliphatic carbocycles. The van der Waals surface area contributed by atoms with Crippen LogP contribution in [-0.4, -0.2) is 18.6 Å². The SMILES string of the molecule is CCN=C1C/C(C(F)(F)F)=C\CC=CN1. The largest absolute Gasteiger partial charge is 0.412 e. The molecule has 1 rings (SSSR count). The van der Waals surface area contributed by atoms with Gasteiger partial charge in [0.1, 0.15) is 5.84 Å². The van der Waals surface area contributed by atoms with E-state index in [4.69, 9.17) is 0 Å². The molecule has 0 bridgehead atoms. The Morgan fingerprint density at radius 2 is 2.20 bits per heavy atom. The fourth-order valence-corrected chi connectivity index (χ4v) is 1.25. The summed E-state index contributed by atoms with van der Waals surface area (Å²) in [6, 6.07) is 0. The van der Waals surface area contributed by atoms with Gasteiger partial charge in [0, 0.05) is 18.5 Å².